The number of allylic oxidation sites excluding steroid dienone is 1. The van der Waals surface area contributed by atoms with E-state index in [0.29, 0.717) is 60.4 Å². The van der Waals surface area contributed by atoms with Gasteiger partial charge in [0.15, 0.2) is 0 Å². The van der Waals surface area contributed by atoms with E-state index in [9.17, 15) is 14.4 Å². The van der Waals surface area contributed by atoms with Crippen LogP contribution in [-0.2, 0) is 19.1 Å². The largest absolute Gasteiger partial charge is 0.496 e. The molecule has 2 heterocycles. The molecule has 1 aromatic carbocycles. The molecule has 3 rings (SSSR count). The molecule has 7 nitrogen and oxygen atoms in total. The van der Waals surface area contributed by atoms with Crippen LogP contribution in [0.4, 0.5) is 5.69 Å². The van der Waals surface area contributed by atoms with E-state index < -0.39 is 0 Å². The van der Waals surface area contributed by atoms with Gasteiger partial charge in [-0.25, -0.2) is 0 Å². The quantitative estimate of drug-likeness (QED) is 0.740. The number of hydrogen-bond acceptors (Lipinski definition) is 6. The monoisotopic (exact) mass is 418 g/mol. The zero-order valence-electron chi connectivity index (χ0n) is 16.7. The fourth-order valence-corrected chi connectivity index (χ4v) is 4.29. The predicted octanol–water partition coefficient (Wildman–Crippen LogP) is 3.04. The van der Waals surface area contributed by atoms with Gasteiger partial charge in [-0.2, -0.15) is 0 Å². The first-order valence-corrected chi connectivity index (χ1v) is 10.8. The van der Waals surface area contributed by atoms with Crippen LogP contribution in [0.5, 0.6) is 0 Å². The summed E-state index contributed by atoms with van der Waals surface area (Å²) in [5.41, 5.74) is 0.859. The predicted molar refractivity (Wildman–Crippen MR) is 111 cm³/mol. The molecule has 2 aliphatic heterocycles. The molecular formula is C21H26N2O5S. The van der Waals surface area contributed by atoms with Gasteiger partial charge in [0.1, 0.15) is 10.7 Å². The third-order valence-electron chi connectivity index (χ3n) is 4.91. The first-order valence-electron chi connectivity index (χ1n) is 9.84. The Morgan fingerprint density at radius 3 is 2.86 bits per heavy atom. The van der Waals surface area contributed by atoms with Gasteiger partial charge < -0.3 is 19.7 Å². The molecule has 0 bridgehead atoms. The maximum absolute atomic E-state index is 13.1. The second-order valence-electron chi connectivity index (χ2n) is 6.92. The van der Waals surface area contributed by atoms with Crippen LogP contribution in [0.1, 0.15) is 37.0 Å². The minimum Gasteiger partial charge on any atom is -0.496 e. The first kappa shape index (κ1) is 21.2. The van der Waals surface area contributed by atoms with Crippen molar-refractivity contribution in [1.82, 2.24) is 4.90 Å². The number of piperidine rings is 1. The topological polar surface area (TPSA) is 84.9 Å². The molecule has 8 heteroatoms. The van der Waals surface area contributed by atoms with E-state index in [4.69, 9.17) is 9.47 Å². The van der Waals surface area contributed by atoms with Crippen molar-refractivity contribution in [2.75, 3.05) is 37.4 Å². The molecule has 0 radical (unpaired) electrons. The molecule has 1 aromatic rings. The molecule has 0 aliphatic carbocycles. The molecule has 0 spiro atoms. The normalized spacial score (nSPS) is 19.4. The molecule has 0 unspecified atom stereocenters. The van der Waals surface area contributed by atoms with E-state index in [1.807, 2.05) is 0 Å². The average Bonchev–Trinajstić information content (AvgIpc) is 2.74. The Hall–Kier alpha value is -2.48. The number of ether oxygens (including phenoxy) is 2. The smallest absolute Gasteiger partial charge is 0.310 e. The van der Waals surface area contributed by atoms with Crippen LogP contribution in [0.25, 0.3) is 0 Å². The lowest BCUT2D eigenvalue weighted by Crippen LogP contribution is -2.43. The van der Waals surface area contributed by atoms with E-state index >= 15 is 0 Å². The van der Waals surface area contributed by atoms with Gasteiger partial charge in [-0.05, 0) is 38.8 Å². The number of nitrogens with zero attached hydrogens (tertiary/aromatic N) is 1. The van der Waals surface area contributed by atoms with Gasteiger partial charge in [0.05, 0.1) is 30.4 Å². The van der Waals surface area contributed by atoms with Crippen LogP contribution in [0.2, 0.25) is 0 Å². The van der Waals surface area contributed by atoms with Crippen LogP contribution in [0.15, 0.2) is 34.9 Å². The van der Waals surface area contributed by atoms with Crippen LogP contribution < -0.4 is 5.32 Å². The van der Waals surface area contributed by atoms with Crippen molar-refractivity contribution in [2.45, 2.75) is 26.7 Å². The molecule has 0 aromatic heterocycles. The Labute approximate surface area is 174 Å². The summed E-state index contributed by atoms with van der Waals surface area (Å²) in [6.45, 7) is 5.35. The summed E-state index contributed by atoms with van der Waals surface area (Å²) in [6, 6.07) is 6.94. The van der Waals surface area contributed by atoms with Gasteiger partial charge in [0, 0.05) is 18.8 Å². The summed E-state index contributed by atoms with van der Waals surface area (Å²) < 4.78 is 10.6. The van der Waals surface area contributed by atoms with Crippen LogP contribution >= 0.6 is 11.8 Å². The zero-order valence-corrected chi connectivity index (χ0v) is 17.5. The number of anilines is 1. The highest BCUT2D eigenvalue weighted by atomic mass is 32.2. The highest BCUT2D eigenvalue weighted by molar-refractivity contribution is 8.04. The molecule has 1 atom stereocenters. The summed E-state index contributed by atoms with van der Waals surface area (Å²) >= 11 is 1.44. The van der Waals surface area contributed by atoms with Crippen molar-refractivity contribution in [3.05, 3.63) is 40.5 Å². The molecule has 29 heavy (non-hydrogen) atoms. The molecule has 1 N–H and O–H groups in total. The van der Waals surface area contributed by atoms with E-state index in [1.165, 1.54) is 11.8 Å². The molecule has 0 saturated carbocycles. The van der Waals surface area contributed by atoms with Gasteiger partial charge in [0.25, 0.3) is 11.8 Å². The Balaban J connectivity index is 1.75. The lowest BCUT2D eigenvalue weighted by molar-refractivity contribution is -0.149. The van der Waals surface area contributed by atoms with E-state index in [-0.39, 0.29) is 23.7 Å². The first-order chi connectivity index (χ1) is 14.0. The van der Waals surface area contributed by atoms with Crippen molar-refractivity contribution in [3.8, 4) is 0 Å². The second kappa shape index (κ2) is 9.82. The number of nitrogens with one attached hydrogen (secondary N) is 1. The van der Waals surface area contributed by atoms with Crippen molar-refractivity contribution in [1.29, 1.82) is 0 Å². The maximum atomic E-state index is 13.1. The van der Waals surface area contributed by atoms with E-state index in [0.717, 1.165) is 6.42 Å². The minimum atomic E-state index is -0.307. The minimum absolute atomic E-state index is 0.201. The van der Waals surface area contributed by atoms with Gasteiger partial charge in [-0.1, -0.05) is 12.1 Å². The van der Waals surface area contributed by atoms with Crippen molar-refractivity contribution < 1.29 is 23.9 Å². The highest BCUT2D eigenvalue weighted by Gasteiger charge is 2.31. The number of para-hydroxylation sites is 1. The Morgan fingerprint density at radius 2 is 2.10 bits per heavy atom. The Bertz CT molecular complexity index is 823. The van der Waals surface area contributed by atoms with E-state index in [1.54, 1.807) is 43.0 Å². The molecule has 2 aliphatic rings. The molecular weight excluding hydrogens is 392 g/mol. The SMILES string of the molecule is CCOC(=O)[C@H]1CCCN(C(=O)c2ccccc2NC(=O)C2=C(C)OCCS2)C1. The number of amides is 2. The molecule has 156 valence electrons. The number of esters is 1. The summed E-state index contributed by atoms with van der Waals surface area (Å²) in [4.78, 5) is 40.1. The summed E-state index contributed by atoms with van der Waals surface area (Å²) in [7, 11) is 0. The van der Waals surface area contributed by atoms with Gasteiger partial charge >= 0.3 is 5.97 Å². The van der Waals surface area contributed by atoms with Crippen LogP contribution in [-0.4, -0.2) is 54.7 Å². The van der Waals surface area contributed by atoms with Crippen LogP contribution in [0, 0.1) is 5.92 Å². The number of carbonyl (C=O) groups excluding carboxylic acids is 3. The van der Waals surface area contributed by atoms with Crippen molar-refractivity contribution in [2.24, 2.45) is 5.92 Å². The number of benzene rings is 1. The average molecular weight is 419 g/mol. The standard InChI is InChI=1S/C21H26N2O5S/c1-3-27-21(26)15-7-6-10-23(13-15)20(25)16-8-4-5-9-17(16)22-19(24)18-14(2)28-11-12-29-18/h4-5,8-9,15H,3,6-7,10-13H2,1-2H3,(H,22,24)/t15-/m0/s1. The third-order valence-corrected chi connectivity index (χ3v) is 6.04. The number of thioether (sulfide) groups is 1. The number of rotatable bonds is 5. The van der Waals surface area contributed by atoms with Gasteiger partial charge in [-0.3, -0.25) is 14.4 Å². The molecule has 1 saturated heterocycles. The van der Waals surface area contributed by atoms with Crippen molar-refractivity contribution in [3.63, 3.8) is 0 Å². The second-order valence-corrected chi connectivity index (χ2v) is 8.03. The summed E-state index contributed by atoms with van der Waals surface area (Å²) in [5.74, 6) is 0.254. The Morgan fingerprint density at radius 1 is 1.31 bits per heavy atom. The fourth-order valence-electron chi connectivity index (χ4n) is 3.47. The summed E-state index contributed by atoms with van der Waals surface area (Å²) in [5, 5.41) is 2.85. The maximum Gasteiger partial charge on any atom is 0.310 e. The lowest BCUT2D eigenvalue weighted by atomic mass is 9.97. The molecule has 2 amide bonds. The number of likely N-dealkylation sites (tertiary alicyclic amines) is 1. The summed E-state index contributed by atoms with van der Waals surface area (Å²) in [6.07, 6.45) is 1.45. The van der Waals surface area contributed by atoms with Crippen LogP contribution in [0.3, 0.4) is 0 Å². The van der Waals surface area contributed by atoms with Gasteiger partial charge in [0.2, 0.25) is 0 Å². The van der Waals surface area contributed by atoms with Crippen molar-refractivity contribution >= 4 is 35.2 Å². The fraction of sp³-hybridized carbons (Fsp3) is 0.476. The third kappa shape index (κ3) is 5.12. The van der Waals surface area contributed by atoms with Gasteiger partial charge in [-0.15, -0.1) is 11.8 Å². The number of carbonyl (C=O) groups is 3. The highest BCUT2D eigenvalue weighted by Crippen LogP contribution is 2.28. The molecule has 1 fully saturated rings. The number of hydrogen-bond donors (Lipinski definition) is 1. The van der Waals surface area contributed by atoms with E-state index in [2.05, 4.69) is 5.32 Å². The lowest BCUT2D eigenvalue weighted by Gasteiger charge is -2.32. The zero-order chi connectivity index (χ0) is 20.8. The Kier molecular flexibility index (Phi) is 7.19.